The summed E-state index contributed by atoms with van der Waals surface area (Å²) in [4.78, 5) is 25.2. The van der Waals surface area contributed by atoms with Gasteiger partial charge in [0.15, 0.2) is 0 Å². The van der Waals surface area contributed by atoms with E-state index < -0.39 is 6.03 Å². The van der Waals surface area contributed by atoms with E-state index in [2.05, 4.69) is 20.9 Å². The SMILES string of the molecule is CCN(CC1CCCNC1)C(C)C(=O)NC(=O)NC. The van der Waals surface area contributed by atoms with Crippen LogP contribution in [0.4, 0.5) is 4.79 Å². The molecule has 0 aliphatic carbocycles. The molecule has 0 radical (unpaired) electrons. The zero-order valence-corrected chi connectivity index (χ0v) is 12.2. The van der Waals surface area contributed by atoms with E-state index >= 15 is 0 Å². The molecule has 1 aliphatic heterocycles. The van der Waals surface area contributed by atoms with Crippen LogP contribution < -0.4 is 16.0 Å². The van der Waals surface area contributed by atoms with Crippen molar-refractivity contribution < 1.29 is 9.59 Å². The molecule has 6 nitrogen and oxygen atoms in total. The molecule has 19 heavy (non-hydrogen) atoms. The van der Waals surface area contributed by atoms with Gasteiger partial charge in [0.2, 0.25) is 5.91 Å². The Labute approximate surface area is 115 Å². The van der Waals surface area contributed by atoms with Crippen molar-refractivity contribution in [2.75, 3.05) is 33.2 Å². The summed E-state index contributed by atoms with van der Waals surface area (Å²) in [5, 5.41) is 8.11. The molecule has 3 N–H and O–H groups in total. The van der Waals surface area contributed by atoms with Crippen molar-refractivity contribution in [1.82, 2.24) is 20.9 Å². The molecule has 110 valence electrons. The number of imide groups is 1. The van der Waals surface area contributed by atoms with Crippen LogP contribution in [-0.2, 0) is 4.79 Å². The molecule has 0 saturated carbocycles. The van der Waals surface area contributed by atoms with Crippen LogP contribution in [0.1, 0.15) is 26.7 Å². The normalized spacial score (nSPS) is 20.9. The van der Waals surface area contributed by atoms with Crippen LogP contribution in [0.3, 0.4) is 0 Å². The van der Waals surface area contributed by atoms with E-state index in [0.717, 1.165) is 26.2 Å². The summed E-state index contributed by atoms with van der Waals surface area (Å²) in [5.41, 5.74) is 0. The van der Waals surface area contributed by atoms with Gasteiger partial charge < -0.3 is 10.6 Å². The molecule has 1 fully saturated rings. The number of rotatable bonds is 5. The molecule has 1 rings (SSSR count). The molecule has 1 heterocycles. The molecule has 6 heteroatoms. The summed E-state index contributed by atoms with van der Waals surface area (Å²) in [7, 11) is 1.50. The van der Waals surface area contributed by atoms with E-state index in [9.17, 15) is 9.59 Å². The Morgan fingerprint density at radius 3 is 2.74 bits per heavy atom. The van der Waals surface area contributed by atoms with Crippen LogP contribution >= 0.6 is 0 Å². The van der Waals surface area contributed by atoms with E-state index in [-0.39, 0.29) is 11.9 Å². The van der Waals surface area contributed by atoms with Gasteiger partial charge in [-0.1, -0.05) is 6.92 Å². The van der Waals surface area contributed by atoms with E-state index in [1.165, 1.54) is 19.9 Å². The van der Waals surface area contributed by atoms with Gasteiger partial charge in [-0.15, -0.1) is 0 Å². The second-order valence-electron chi connectivity index (χ2n) is 5.04. The van der Waals surface area contributed by atoms with Gasteiger partial charge in [0.25, 0.3) is 0 Å². The summed E-state index contributed by atoms with van der Waals surface area (Å²) in [6.45, 7) is 7.69. The minimum atomic E-state index is -0.452. The number of urea groups is 1. The molecular weight excluding hydrogens is 244 g/mol. The van der Waals surface area contributed by atoms with Gasteiger partial charge >= 0.3 is 6.03 Å². The number of carbonyl (C=O) groups is 2. The maximum absolute atomic E-state index is 11.9. The number of hydrogen-bond donors (Lipinski definition) is 3. The molecule has 0 spiro atoms. The quantitative estimate of drug-likeness (QED) is 0.665. The van der Waals surface area contributed by atoms with Gasteiger partial charge in [0.05, 0.1) is 6.04 Å². The molecule has 3 amide bonds. The Bertz CT molecular complexity index is 303. The first-order valence-electron chi connectivity index (χ1n) is 7.05. The average Bonchev–Trinajstić information content (AvgIpc) is 2.44. The topological polar surface area (TPSA) is 73.5 Å². The van der Waals surface area contributed by atoms with Crippen LogP contribution in [0.2, 0.25) is 0 Å². The van der Waals surface area contributed by atoms with Gasteiger partial charge in [-0.25, -0.2) is 4.79 Å². The number of nitrogens with zero attached hydrogens (tertiary/aromatic N) is 1. The highest BCUT2D eigenvalue weighted by atomic mass is 16.2. The fourth-order valence-corrected chi connectivity index (χ4v) is 2.42. The van der Waals surface area contributed by atoms with E-state index in [4.69, 9.17) is 0 Å². The van der Waals surface area contributed by atoms with Crippen molar-refractivity contribution in [2.45, 2.75) is 32.7 Å². The summed E-state index contributed by atoms with van der Waals surface area (Å²) in [5.74, 6) is 0.342. The number of likely N-dealkylation sites (N-methyl/N-ethyl adjacent to an activating group) is 1. The first-order valence-corrected chi connectivity index (χ1v) is 7.05. The highest BCUT2D eigenvalue weighted by molar-refractivity contribution is 5.96. The Balaban J connectivity index is 2.47. The zero-order valence-electron chi connectivity index (χ0n) is 12.2. The third kappa shape index (κ3) is 5.16. The maximum atomic E-state index is 11.9. The molecule has 0 aromatic carbocycles. The fraction of sp³-hybridized carbons (Fsp3) is 0.846. The smallest absolute Gasteiger partial charge is 0.321 e. The largest absolute Gasteiger partial charge is 0.341 e. The lowest BCUT2D eigenvalue weighted by Gasteiger charge is -2.32. The van der Waals surface area contributed by atoms with Crippen LogP contribution in [-0.4, -0.2) is 56.1 Å². The standard InChI is InChI=1S/C13H26N4O2/c1-4-17(9-11-6-5-7-15-8-11)10(2)12(18)16-13(19)14-3/h10-11,15H,4-9H2,1-3H3,(H2,14,16,18,19). The van der Waals surface area contributed by atoms with Gasteiger partial charge in [-0.2, -0.15) is 0 Å². The third-order valence-electron chi connectivity index (χ3n) is 3.69. The highest BCUT2D eigenvalue weighted by Gasteiger charge is 2.24. The predicted molar refractivity (Wildman–Crippen MR) is 74.9 cm³/mol. The Morgan fingerprint density at radius 2 is 2.21 bits per heavy atom. The molecular formula is C13H26N4O2. The number of carbonyl (C=O) groups excluding carboxylic acids is 2. The summed E-state index contributed by atoms with van der Waals surface area (Å²) >= 11 is 0. The van der Waals surface area contributed by atoms with Crippen molar-refractivity contribution >= 4 is 11.9 Å². The van der Waals surface area contributed by atoms with Crippen molar-refractivity contribution in [3.63, 3.8) is 0 Å². The lowest BCUT2D eigenvalue weighted by molar-refractivity contribution is -0.125. The second-order valence-corrected chi connectivity index (χ2v) is 5.04. The third-order valence-corrected chi connectivity index (χ3v) is 3.69. The summed E-state index contributed by atoms with van der Waals surface area (Å²) in [6, 6.07) is -0.739. The molecule has 2 unspecified atom stereocenters. The van der Waals surface area contributed by atoms with Gasteiger partial charge in [-0.3, -0.25) is 15.0 Å². The molecule has 0 bridgehead atoms. The molecule has 0 aromatic rings. The fourth-order valence-electron chi connectivity index (χ4n) is 2.42. The Kier molecular flexibility index (Phi) is 6.80. The van der Waals surface area contributed by atoms with Gasteiger partial charge in [-0.05, 0) is 45.3 Å². The van der Waals surface area contributed by atoms with Crippen LogP contribution in [0.25, 0.3) is 0 Å². The number of nitrogens with one attached hydrogen (secondary N) is 3. The van der Waals surface area contributed by atoms with Crippen LogP contribution in [0, 0.1) is 5.92 Å². The zero-order chi connectivity index (χ0) is 14.3. The summed E-state index contributed by atoms with van der Waals surface area (Å²) < 4.78 is 0. The average molecular weight is 270 g/mol. The van der Waals surface area contributed by atoms with Crippen molar-refractivity contribution in [3.8, 4) is 0 Å². The monoisotopic (exact) mass is 270 g/mol. The molecule has 0 aromatic heterocycles. The highest BCUT2D eigenvalue weighted by Crippen LogP contribution is 2.13. The van der Waals surface area contributed by atoms with Crippen molar-refractivity contribution in [3.05, 3.63) is 0 Å². The Morgan fingerprint density at radius 1 is 1.47 bits per heavy atom. The van der Waals surface area contributed by atoms with E-state index in [0.29, 0.717) is 5.92 Å². The number of hydrogen-bond acceptors (Lipinski definition) is 4. The van der Waals surface area contributed by atoms with Gasteiger partial charge in [0.1, 0.15) is 0 Å². The van der Waals surface area contributed by atoms with E-state index in [1.54, 1.807) is 0 Å². The second kappa shape index (κ2) is 8.12. The molecule has 1 saturated heterocycles. The van der Waals surface area contributed by atoms with Crippen LogP contribution in [0.5, 0.6) is 0 Å². The maximum Gasteiger partial charge on any atom is 0.321 e. The van der Waals surface area contributed by atoms with Crippen LogP contribution in [0.15, 0.2) is 0 Å². The van der Waals surface area contributed by atoms with Crippen molar-refractivity contribution in [2.24, 2.45) is 5.92 Å². The van der Waals surface area contributed by atoms with Gasteiger partial charge in [0, 0.05) is 13.6 Å². The minimum absolute atomic E-state index is 0.245. The first-order chi connectivity index (χ1) is 9.08. The molecule has 1 aliphatic rings. The first kappa shape index (κ1) is 15.9. The minimum Gasteiger partial charge on any atom is -0.341 e. The van der Waals surface area contributed by atoms with E-state index in [1.807, 2.05) is 13.8 Å². The van der Waals surface area contributed by atoms with Crippen molar-refractivity contribution in [1.29, 1.82) is 0 Å². The Hall–Kier alpha value is -1.14. The lowest BCUT2D eigenvalue weighted by atomic mass is 9.98. The lowest BCUT2D eigenvalue weighted by Crippen LogP contribution is -2.51. The molecule has 2 atom stereocenters. The predicted octanol–water partition coefficient (Wildman–Crippen LogP) is 0.152. The number of piperidine rings is 1. The number of amides is 3. The summed E-state index contributed by atoms with van der Waals surface area (Å²) in [6.07, 6.45) is 2.40.